The highest BCUT2D eigenvalue weighted by atomic mass is 32.1. The van der Waals surface area contributed by atoms with Crippen molar-refractivity contribution >= 4 is 33.9 Å². The zero-order chi connectivity index (χ0) is 32.8. The Labute approximate surface area is 279 Å². The predicted octanol–water partition coefficient (Wildman–Crippen LogP) is 10.0. The van der Waals surface area contributed by atoms with Crippen LogP contribution in [-0.4, -0.2) is 22.0 Å². The molecule has 4 saturated carbocycles. The molecule has 6 heteroatoms. The summed E-state index contributed by atoms with van der Waals surface area (Å²) in [6.45, 7) is 18.8. The molecule has 46 heavy (non-hydrogen) atoms. The molecule has 2 N–H and O–H groups in total. The number of amides is 1. The number of carbonyl (C=O) groups is 2. The van der Waals surface area contributed by atoms with Gasteiger partial charge in [-0.05, 0) is 147 Å². The van der Waals surface area contributed by atoms with Crippen molar-refractivity contribution in [2.45, 2.75) is 99.3 Å². The molecule has 1 aromatic carbocycles. The molecule has 1 aromatic heterocycles. The third-order valence-corrected chi connectivity index (χ3v) is 15.4. The molecule has 7 rings (SSSR count). The maximum atomic E-state index is 14.3. The summed E-state index contributed by atoms with van der Waals surface area (Å²) in [5.41, 5.74) is 4.27. The van der Waals surface area contributed by atoms with Gasteiger partial charge in [0.2, 0.25) is 5.91 Å². The number of carboxylic acid groups (broad SMARTS) is 1. The Hall–Kier alpha value is -2.73. The summed E-state index contributed by atoms with van der Waals surface area (Å²) in [4.78, 5) is 31.4. The van der Waals surface area contributed by atoms with Gasteiger partial charge >= 0.3 is 5.97 Å². The second kappa shape index (κ2) is 10.9. The van der Waals surface area contributed by atoms with Crippen molar-refractivity contribution in [1.29, 1.82) is 0 Å². The van der Waals surface area contributed by atoms with Crippen molar-refractivity contribution in [2.24, 2.45) is 57.2 Å². The summed E-state index contributed by atoms with van der Waals surface area (Å²) in [6, 6.07) is 7.53. The maximum Gasteiger partial charge on any atom is 0.335 e. The van der Waals surface area contributed by atoms with Crippen LogP contribution < -0.4 is 5.32 Å². The van der Waals surface area contributed by atoms with E-state index in [1.807, 2.05) is 25.3 Å². The summed E-state index contributed by atoms with van der Waals surface area (Å²) in [6.07, 6.45) is 14.5. The number of allylic oxidation sites excluding steroid dienone is 3. The quantitative estimate of drug-likeness (QED) is 0.319. The van der Waals surface area contributed by atoms with Crippen LogP contribution in [0.25, 0.3) is 5.57 Å². The van der Waals surface area contributed by atoms with Gasteiger partial charge < -0.3 is 10.4 Å². The average molecular weight is 641 g/mol. The van der Waals surface area contributed by atoms with E-state index in [9.17, 15) is 14.7 Å². The van der Waals surface area contributed by atoms with Crippen LogP contribution in [0.1, 0.15) is 113 Å². The van der Waals surface area contributed by atoms with Crippen LogP contribution in [0, 0.1) is 64.1 Å². The molecule has 0 spiro atoms. The molecule has 0 aliphatic heterocycles. The molecule has 1 amide bonds. The highest BCUT2D eigenvalue weighted by molar-refractivity contribution is 7.15. The molecule has 0 saturated heterocycles. The number of rotatable bonds is 5. The highest BCUT2D eigenvalue weighted by Crippen LogP contribution is 2.74. The number of nitrogens with zero attached hydrogens (tertiary/aromatic N) is 1. The Kier molecular flexibility index (Phi) is 7.55. The van der Waals surface area contributed by atoms with Crippen LogP contribution in [0.3, 0.4) is 0 Å². The molecule has 0 bridgehead atoms. The SMILES string of the molecule is C=C(C)[C@@H]1CCC2(C(=O)Nc3ncc(C)s3)CC[C@@]3(C)C4CC[C@H]5C(C)(C)C(c6ccc(C(=O)O)cc6)=CC[C@]5(C)[C@H]4CC[C@@H]3[C@@H]12. The molecule has 1 heterocycles. The number of benzene rings is 1. The minimum absolute atomic E-state index is 0.00491. The highest BCUT2D eigenvalue weighted by Gasteiger charge is 2.68. The van der Waals surface area contributed by atoms with Crippen LogP contribution in [-0.2, 0) is 4.79 Å². The zero-order valence-electron chi connectivity index (χ0n) is 28.6. The minimum atomic E-state index is -0.874. The first kappa shape index (κ1) is 31.8. The van der Waals surface area contributed by atoms with E-state index in [1.165, 1.54) is 36.8 Å². The Morgan fingerprint density at radius 1 is 0.935 bits per heavy atom. The molecule has 5 nitrogen and oxygen atoms in total. The molecule has 0 radical (unpaired) electrons. The molecule has 5 aliphatic carbocycles. The molecular weight excluding hydrogens is 589 g/mol. The van der Waals surface area contributed by atoms with Gasteiger partial charge in [-0.3, -0.25) is 4.79 Å². The molecule has 9 atom stereocenters. The minimum Gasteiger partial charge on any atom is -0.478 e. The number of aryl methyl sites for hydroxylation is 1. The number of aromatic nitrogens is 1. The third-order valence-electron chi connectivity index (χ3n) is 14.6. The third kappa shape index (κ3) is 4.55. The Morgan fingerprint density at radius 3 is 2.26 bits per heavy atom. The number of thiazole rings is 1. The molecule has 5 aliphatic rings. The monoisotopic (exact) mass is 640 g/mol. The van der Waals surface area contributed by atoms with Crippen molar-refractivity contribution in [3.63, 3.8) is 0 Å². The van der Waals surface area contributed by atoms with Crippen molar-refractivity contribution in [1.82, 2.24) is 4.98 Å². The maximum absolute atomic E-state index is 14.3. The predicted molar refractivity (Wildman–Crippen MR) is 187 cm³/mol. The summed E-state index contributed by atoms with van der Waals surface area (Å²) in [5.74, 6) is 2.53. The number of carboxylic acids is 1. The number of nitrogens with one attached hydrogen (secondary N) is 1. The van der Waals surface area contributed by atoms with E-state index in [0.29, 0.717) is 41.1 Å². The van der Waals surface area contributed by atoms with E-state index in [-0.39, 0.29) is 27.6 Å². The summed E-state index contributed by atoms with van der Waals surface area (Å²) in [7, 11) is 0. The Morgan fingerprint density at radius 2 is 1.61 bits per heavy atom. The number of fused-ring (bicyclic) bond motifs is 7. The van der Waals surface area contributed by atoms with Crippen LogP contribution in [0.4, 0.5) is 5.13 Å². The number of carbonyl (C=O) groups excluding carboxylic acids is 1. The Balaban J connectivity index is 1.19. The molecule has 2 aromatic rings. The van der Waals surface area contributed by atoms with E-state index in [1.54, 1.807) is 23.5 Å². The van der Waals surface area contributed by atoms with Gasteiger partial charge in [0.1, 0.15) is 0 Å². The second-order valence-electron chi connectivity index (χ2n) is 16.9. The molecular formula is C40H52N2O3S. The lowest BCUT2D eigenvalue weighted by Gasteiger charge is -2.67. The number of aromatic carboxylic acids is 1. The van der Waals surface area contributed by atoms with Crippen LogP contribution in [0.5, 0.6) is 0 Å². The summed E-state index contributed by atoms with van der Waals surface area (Å²) >= 11 is 1.58. The van der Waals surface area contributed by atoms with Crippen molar-refractivity contribution in [3.8, 4) is 0 Å². The van der Waals surface area contributed by atoms with Crippen LogP contribution in [0.2, 0.25) is 0 Å². The molecule has 2 unspecified atom stereocenters. The van der Waals surface area contributed by atoms with E-state index < -0.39 is 5.97 Å². The van der Waals surface area contributed by atoms with Crippen molar-refractivity contribution < 1.29 is 14.7 Å². The van der Waals surface area contributed by atoms with Gasteiger partial charge in [0.25, 0.3) is 0 Å². The first-order valence-electron chi connectivity index (χ1n) is 17.7. The average Bonchev–Trinajstić information content (AvgIpc) is 3.61. The van der Waals surface area contributed by atoms with Crippen LogP contribution in [0.15, 0.2) is 48.7 Å². The van der Waals surface area contributed by atoms with Gasteiger partial charge in [0.15, 0.2) is 5.13 Å². The van der Waals surface area contributed by atoms with Gasteiger partial charge in [-0.25, -0.2) is 9.78 Å². The fourth-order valence-corrected chi connectivity index (χ4v) is 13.2. The van der Waals surface area contributed by atoms with E-state index in [4.69, 9.17) is 0 Å². The number of anilines is 1. The smallest absolute Gasteiger partial charge is 0.335 e. The number of hydrogen-bond acceptors (Lipinski definition) is 4. The summed E-state index contributed by atoms with van der Waals surface area (Å²) < 4.78 is 0. The fourth-order valence-electron chi connectivity index (χ4n) is 12.5. The largest absolute Gasteiger partial charge is 0.478 e. The zero-order valence-corrected chi connectivity index (χ0v) is 29.4. The van der Waals surface area contributed by atoms with Gasteiger partial charge in [-0.1, -0.05) is 58.1 Å². The van der Waals surface area contributed by atoms with Crippen molar-refractivity contribution in [2.75, 3.05) is 5.32 Å². The van der Waals surface area contributed by atoms with Crippen LogP contribution >= 0.6 is 11.3 Å². The first-order chi connectivity index (χ1) is 21.7. The Bertz CT molecular complexity index is 1600. The lowest BCUT2D eigenvalue weighted by molar-refractivity contribution is -0.179. The fraction of sp³-hybridized carbons (Fsp3) is 0.625. The van der Waals surface area contributed by atoms with Gasteiger partial charge in [-0.2, -0.15) is 0 Å². The second-order valence-corrected chi connectivity index (χ2v) is 18.1. The molecule has 4 fully saturated rings. The van der Waals surface area contributed by atoms with Gasteiger partial charge in [0.05, 0.1) is 11.0 Å². The van der Waals surface area contributed by atoms with Crippen molar-refractivity contribution in [3.05, 3.63) is 64.7 Å². The summed E-state index contributed by atoms with van der Waals surface area (Å²) in [5, 5.41) is 13.5. The van der Waals surface area contributed by atoms with Gasteiger partial charge in [0, 0.05) is 11.1 Å². The van der Waals surface area contributed by atoms with E-state index >= 15 is 0 Å². The van der Waals surface area contributed by atoms with E-state index in [0.717, 1.165) is 47.7 Å². The molecule has 246 valence electrons. The van der Waals surface area contributed by atoms with E-state index in [2.05, 4.69) is 57.6 Å². The number of hydrogen-bond donors (Lipinski definition) is 2. The standard InChI is InChI=1S/C40H52N2O3S/c1-23(2)27-16-19-40(35(45)42-36-41-22-24(3)46-36)21-20-38(6)29-14-15-32-37(4,5)28(25-8-10-26(11-9-25)34(43)44)17-18-39(32,7)30(29)12-13-31(38)33(27)40/h8-11,17,22,27,29-33H,1,12-16,18-21H2,2-7H3,(H,43,44)(H,41,42,45)/t27-,29?,30-,31+,32-,33+,38-,39+,40?/m0/s1. The lowest BCUT2D eigenvalue weighted by Crippen LogP contribution is -2.62. The normalized spacial score (nSPS) is 39.2. The topological polar surface area (TPSA) is 79.3 Å². The first-order valence-corrected chi connectivity index (χ1v) is 18.5. The lowest BCUT2D eigenvalue weighted by atomic mass is 9.37. The van der Waals surface area contributed by atoms with Gasteiger partial charge in [-0.15, -0.1) is 11.3 Å².